The van der Waals surface area contributed by atoms with E-state index in [4.69, 9.17) is 4.42 Å². The Kier molecular flexibility index (Phi) is 4.35. The first kappa shape index (κ1) is 18.5. The molecule has 1 aromatic heterocycles. The number of halogens is 3. The largest absolute Gasteiger partial charge is 0.456 e. The van der Waals surface area contributed by atoms with E-state index in [9.17, 15) is 13.2 Å². The van der Waals surface area contributed by atoms with Crippen molar-refractivity contribution in [2.45, 2.75) is 6.18 Å². The number of nitrogens with zero attached hydrogens (tertiary/aromatic N) is 1. The summed E-state index contributed by atoms with van der Waals surface area (Å²) in [6, 6.07) is 20.7. The van der Waals surface area contributed by atoms with E-state index in [2.05, 4.69) is 10.3 Å². The highest BCUT2D eigenvalue weighted by Gasteiger charge is 2.30. The predicted octanol–water partition coefficient (Wildman–Crippen LogP) is 6.14. The maximum absolute atomic E-state index is 12.8. The molecule has 1 aliphatic heterocycles. The number of nitrogens with one attached hydrogen (secondary N) is 1. The third-order valence-corrected chi connectivity index (χ3v) is 5.18. The molecule has 0 saturated carbocycles. The van der Waals surface area contributed by atoms with Crippen molar-refractivity contribution < 1.29 is 17.6 Å². The van der Waals surface area contributed by atoms with Crippen molar-refractivity contribution in [3.63, 3.8) is 0 Å². The Morgan fingerprint density at radius 2 is 1.57 bits per heavy atom. The fourth-order valence-electron chi connectivity index (χ4n) is 3.69. The van der Waals surface area contributed by atoms with Gasteiger partial charge in [0.25, 0.3) is 0 Å². The van der Waals surface area contributed by atoms with Crippen LogP contribution in [0, 0.1) is 0 Å². The van der Waals surface area contributed by atoms with E-state index in [0.29, 0.717) is 0 Å². The number of aliphatic imine (C=N–C) groups is 1. The molecule has 3 nitrogen and oxygen atoms in total. The molecule has 1 aliphatic rings. The zero-order valence-electron chi connectivity index (χ0n) is 15.8. The minimum Gasteiger partial charge on any atom is -0.456 e. The molecule has 0 spiro atoms. The second kappa shape index (κ2) is 7.06. The molecule has 5 rings (SSSR count). The van der Waals surface area contributed by atoms with Crippen LogP contribution in [-0.2, 0) is 6.18 Å². The smallest absolute Gasteiger partial charge is 0.416 e. The lowest BCUT2D eigenvalue weighted by atomic mass is 10.0. The molecule has 4 aromatic rings. The summed E-state index contributed by atoms with van der Waals surface area (Å²) < 4.78 is 44.5. The topological polar surface area (TPSA) is 37.5 Å². The van der Waals surface area contributed by atoms with Gasteiger partial charge in [0, 0.05) is 23.1 Å². The molecule has 3 aromatic carbocycles. The van der Waals surface area contributed by atoms with Gasteiger partial charge in [-0.2, -0.15) is 13.2 Å². The Morgan fingerprint density at radius 1 is 0.833 bits per heavy atom. The lowest BCUT2D eigenvalue weighted by molar-refractivity contribution is -0.137. The van der Waals surface area contributed by atoms with E-state index in [1.54, 1.807) is 0 Å². The molecule has 0 aliphatic carbocycles. The fraction of sp³-hybridized carbons (Fsp3) is 0.125. The number of rotatable bonds is 3. The molecular formula is C24H17F3N2O. The maximum atomic E-state index is 12.8. The van der Waals surface area contributed by atoms with Crippen molar-refractivity contribution in [3.8, 4) is 22.5 Å². The lowest BCUT2D eigenvalue weighted by Gasteiger charge is -2.07. The zero-order chi connectivity index (χ0) is 20.7. The van der Waals surface area contributed by atoms with Crippen molar-refractivity contribution in [1.29, 1.82) is 0 Å². The fourth-order valence-corrected chi connectivity index (χ4v) is 3.69. The Balaban J connectivity index is 1.53. The van der Waals surface area contributed by atoms with Gasteiger partial charge < -0.3 is 9.73 Å². The first-order valence-electron chi connectivity index (χ1n) is 9.58. The maximum Gasteiger partial charge on any atom is 0.416 e. The molecule has 0 unspecified atom stereocenters. The number of hydrogen-bond donors (Lipinski definition) is 1. The van der Waals surface area contributed by atoms with E-state index >= 15 is 0 Å². The van der Waals surface area contributed by atoms with Crippen molar-refractivity contribution >= 4 is 16.8 Å². The SMILES string of the molecule is FC(F)(F)c1ccc(-c2ccc3oc(-c4ccccc4C4=NCCN4)cc3c2)cc1. The molecule has 0 bridgehead atoms. The van der Waals surface area contributed by atoms with Gasteiger partial charge in [-0.05, 0) is 41.5 Å². The predicted molar refractivity (Wildman–Crippen MR) is 111 cm³/mol. The zero-order valence-corrected chi connectivity index (χ0v) is 15.8. The van der Waals surface area contributed by atoms with E-state index in [-0.39, 0.29) is 0 Å². The average Bonchev–Trinajstić information content (AvgIpc) is 3.42. The van der Waals surface area contributed by atoms with Crippen LogP contribution in [0.15, 0.2) is 82.2 Å². The van der Waals surface area contributed by atoms with Crippen molar-refractivity contribution in [2.75, 3.05) is 13.1 Å². The first-order valence-corrected chi connectivity index (χ1v) is 9.58. The van der Waals surface area contributed by atoms with Gasteiger partial charge in [-0.1, -0.05) is 42.5 Å². The van der Waals surface area contributed by atoms with Gasteiger partial charge in [0.15, 0.2) is 0 Å². The molecular weight excluding hydrogens is 389 g/mol. The highest BCUT2D eigenvalue weighted by Crippen LogP contribution is 2.34. The second-order valence-corrected chi connectivity index (χ2v) is 7.14. The molecule has 30 heavy (non-hydrogen) atoms. The Hall–Kier alpha value is -3.54. The highest BCUT2D eigenvalue weighted by molar-refractivity contribution is 6.05. The second-order valence-electron chi connectivity index (χ2n) is 7.14. The standard InChI is InChI=1S/C24H17F3N2O/c25-24(26,27)18-8-5-15(6-9-18)16-7-10-21-17(13-16)14-22(30-21)19-3-1-2-4-20(19)23-28-11-12-29-23/h1-10,13-14H,11-12H2,(H,28,29). The summed E-state index contributed by atoms with van der Waals surface area (Å²) in [7, 11) is 0. The number of amidine groups is 1. The minimum absolute atomic E-state index is 0.655. The average molecular weight is 406 g/mol. The van der Waals surface area contributed by atoms with Crippen LogP contribution in [0.25, 0.3) is 33.4 Å². The molecule has 6 heteroatoms. The van der Waals surface area contributed by atoms with Gasteiger partial charge in [0.05, 0.1) is 12.1 Å². The molecule has 1 N–H and O–H groups in total. The highest BCUT2D eigenvalue weighted by atomic mass is 19.4. The summed E-state index contributed by atoms with van der Waals surface area (Å²) in [5.74, 6) is 1.58. The summed E-state index contributed by atoms with van der Waals surface area (Å²) in [5, 5.41) is 4.18. The number of alkyl halides is 3. The summed E-state index contributed by atoms with van der Waals surface area (Å²) in [6.07, 6.45) is -4.34. The van der Waals surface area contributed by atoms with Crippen LogP contribution in [0.3, 0.4) is 0 Å². The van der Waals surface area contributed by atoms with E-state index in [1.165, 1.54) is 12.1 Å². The summed E-state index contributed by atoms with van der Waals surface area (Å²) in [6.45, 7) is 1.57. The van der Waals surface area contributed by atoms with Crippen LogP contribution in [-0.4, -0.2) is 18.9 Å². The van der Waals surface area contributed by atoms with Crippen LogP contribution in [0.1, 0.15) is 11.1 Å². The Labute approximate surface area is 170 Å². The quantitative estimate of drug-likeness (QED) is 0.444. The van der Waals surface area contributed by atoms with Crippen LogP contribution in [0.5, 0.6) is 0 Å². The molecule has 2 heterocycles. The normalized spacial score (nSPS) is 14.0. The van der Waals surface area contributed by atoms with Gasteiger partial charge in [-0.3, -0.25) is 4.99 Å². The number of furan rings is 1. The summed E-state index contributed by atoms with van der Waals surface area (Å²) in [4.78, 5) is 4.51. The third-order valence-electron chi connectivity index (χ3n) is 5.18. The van der Waals surface area contributed by atoms with Crippen molar-refractivity contribution in [1.82, 2.24) is 5.32 Å². The van der Waals surface area contributed by atoms with Crippen LogP contribution in [0.2, 0.25) is 0 Å². The van der Waals surface area contributed by atoms with E-state index < -0.39 is 11.7 Å². The van der Waals surface area contributed by atoms with Gasteiger partial charge in [0.2, 0.25) is 0 Å². The molecule has 0 saturated heterocycles. The number of benzene rings is 3. The third kappa shape index (κ3) is 3.34. The minimum atomic E-state index is -4.34. The number of fused-ring (bicyclic) bond motifs is 1. The van der Waals surface area contributed by atoms with Gasteiger partial charge in [-0.25, -0.2) is 0 Å². The molecule has 0 radical (unpaired) electrons. The van der Waals surface area contributed by atoms with E-state index in [1.807, 2.05) is 48.5 Å². The van der Waals surface area contributed by atoms with Crippen molar-refractivity contribution in [2.24, 2.45) is 4.99 Å². The van der Waals surface area contributed by atoms with Gasteiger partial charge in [0.1, 0.15) is 17.2 Å². The Morgan fingerprint density at radius 3 is 2.27 bits per heavy atom. The number of hydrogen-bond acceptors (Lipinski definition) is 3. The molecule has 0 fully saturated rings. The van der Waals surface area contributed by atoms with Gasteiger partial charge in [-0.15, -0.1) is 0 Å². The van der Waals surface area contributed by atoms with E-state index in [0.717, 1.165) is 70.0 Å². The molecule has 0 atom stereocenters. The summed E-state index contributed by atoms with van der Waals surface area (Å²) >= 11 is 0. The van der Waals surface area contributed by atoms with Crippen LogP contribution >= 0.6 is 0 Å². The lowest BCUT2D eigenvalue weighted by Crippen LogP contribution is -2.20. The summed E-state index contributed by atoms with van der Waals surface area (Å²) in [5.41, 5.74) is 3.54. The first-order chi connectivity index (χ1) is 14.5. The molecule has 0 amide bonds. The monoisotopic (exact) mass is 406 g/mol. The Bertz CT molecular complexity index is 1250. The van der Waals surface area contributed by atoms with Crippen LogP contribution < -0.4 is 5.32 Å². The molecule has 150 valence electrons. The van der Waals surface area contributed by atoms with Crippen LogP contribution in [0.4, 0.5) is 13.2 Å². The van der Waals surface area contributed by atoms with Gasteiger partial charge >= 0.3 is 6.18 Å². The van der Waals surface area contributed by atoms with Crippen molar-refractivity contribution in [3.05, 3.63) is 83.9 Å².